The lowest BCUT2D eigenvalue weighted by Gasteiger charge is -2.12. The number of nitrogens with one attached hydrogen (secondary N) is 2. The average molecular weight is 356 g/mol. The number of halogens is 1. The smallest absolute Gasteiger partial charge is 0.240 e. The van der Waals surface area contributed by atoms with Crippen LogP contribution in [-0.2, 0) is 17.9 Å². The summed E-state index contributed by atoms with van der Waals surface area (Å²) in [6.07, 6.45) is -0.532. The average Bonchev–Trinajstić information content (AvgIpc) is 2.97. The van der Waals surface area contributed by atoms with E-state index in [-0.39, 0.29) is 18.3 Å². The van der Waals surface area contributed by atoms with Gasteiger partial charge >= 0.3 is 0 Å². The van der Waals surface area contributed by atoms with Crippen molar-refractivity contribution in [2.75, 3.05) is 11.9 Å². The Balaban J connectivity index is 1.72. The monoisotopic (exact) mass is 356 g/mol. The first-order valence-electron chi connectivity index (χ1n) is 8.41. The number of carbonyl (C=O) groups is 1. The molecule has 0 saturated carbocycles. The van der Waals surface area contributed by atoms with E-state index < -0.39 is 6.10 Å². The number of aromatic nitrogens is 2. The molecule has 0 spiro atoms. The van der Waals surface area contributed by atoms with Gasteiger partial charge < -0.3 is 20.3 Å². The molecule has 0 saturated heterocycles. The van der Waals surface area contributed by atoms with Gasteiger partial charge in [-0.2, -0.15) is 0 Å². The molecule has 26 heavy (non-hydrogen) atoms. The summed E-state index contributed by atoms with van der Waals surface area (Å²) in [5.41, 5.74) is 2.42. The number of hydrogen-bond acceptors (Lipinski definition) is 4. The van der Waals surface area contributed by atoms with Gasteiger partial charge in [0.05, 0.1) is 17.1 Å². The van der Waals surface area contributed by atoms with E-state index in [2.05, 4.69) is 15.6 Å². The molecule has 6 nitrogen and oxygen atoms in total. The minimum Gasteiger partial charge on any atom is -0.392 e. The van der Waals surface area contributed by atoms with Crippen molar-refractivity contribution in [2.24, 2.45) is 0 Å². The number of nitrogens with zero attached hydrogens (tertiary/aromatic N) is 2. The summed E-state index contributed by atoms with van der Waals surface area (Å²) in [4.78, 5) is 16.9. The molecule has 2 aromatic carbocycles. The second-order valence-corrected chi connectivity index (χ2v) is 6.14. The summed E-state index contributed by atoms with van der Waals surface area (Å²) in [6.45, 7) is 2.42. The van der Waals surface area contributed by atoms with Crippen LogP contribution in [0.1, 0.15) is 12.5 Å². The maximum atomic E-state index is 12.9. The molecule has 7 heteroatoms. The zero-order valence-electron chi connectivity index (χ0n) is 14.4. The van der Waals surface area contributed by atoms with Crippen molar-refractivity contribution in [3.8, 4) is 0 Å². The van der Waals surface area contributed by atoms with Crippen LogP contribution in [0.15, 0.2) is 48.5 Å². The van der Waals surface area contributed by atoms with Crippen molar-refractivity contribution in [1.29, 1.82) is 0 Å². The molecule has 3 rings (SSSR count). The Morgan fingerprint density at radius 3 is 2.69 bits per heavy atom. The van der Waals surface area contributed by atoms with Gasteiger partial charge in [0.15, 0.2) is 0 Å². The van der Waals surface area contributed by atoms with E-state index in [1.165, 1.54) is 12.1 Å². The number of imidazole rings is 1. The van der Waals surface area contributed by atoms with Gasteiger partial charge in [0.2, 0.25) is 11.9 Å². The summed E-state index contributed by atoms with van der Waals surface area (Å²) in [5, 5.41) is 15.4. The predicted octanol–water partition coefficient (Wildman–Crippen LogP) is 2.28. The Morgan fingerprint density at radius 2 is 1.96 bits per heavy atom. The van der Waals surface area contributed by atoms with Gasteiger partial charge in [0.25, 0.3) is 0 Å². The van der Waals surface area contributed by atoms with Crippen LogP contribution >= 0.6 is 0 Å². The largest absolute Gasteiger partial charge is 0.392 e. The molecular weight excluding hydrogens is 335 g/mol. The summed E-state index contributed by atoms with van der Waals surface area (Å²) < 4.78 is 14.7. The van der Waals surface area contributed by atoms with Gasteiger partial charge in [-0.3, -0.25) is 4.79 Å². The van der Waals surface area contributed by atoms with Crippen molar-refractivity contribution in [3.05, 3.63) is 59.9 Å². The molecule has 0 bridgehead atoms. The quantitative estimate of drug-likeness (QED) is 0.607. The van der Waals surface area contributed by atoms with Gasteiger partial charge in [0, 0.05) is 13.1 Å². The lowest BCUT2D eigenvalue weighted by Crippen LogP contribution is -2.28. The normalized spacial score (nSPS) is 12.1. The molecule has 1 atom stereocenters. The summed E-state index contributed by atoms with van der Waals surface area (Å²) >= 11 is 0. The van der Waals surface area contributed by atoms with Gasteiger partial charge in [-0.15, -0.1) is 0 Å². The Labute approximate surface area is 150 Å². The number of benzene rings is 2. The zero-order chi connectivity index (χ0) is 18.5. The maximum absolute atomic E-state index is 12.9. The van der Waals surface area contributed by atoms with Crippen molar-refractivity contribution >= 4 is 22.9 Å². The van der Waals surface area contributed by atoms with Crippen molar-refractivity contribution in [2.45, 2.75) is 26.1 Å². The maximum Gasteiger partial charge on any atom is 0.240 e. The van der Waals surface area contributed by atoms with E-state index in [1.807, 2.05) is 24.3 Å². The molecule has 0 fully saturated rings. The lowest BCUT2D eigenvalue weighted by atomic mass is 10.2. The van der Waals surface area contributed by atoms with Crippen molar-refractivity contribution in [3.63, 3.8) is 0 Å². The summed E-state index contributed by atoms with van der Waals surface area (Å²) in [7, 11) is 0. The van der Waals surface area contributed by atoms with E-state index in [0.717, 1.165) is 16.6 Å². The molecule has 3 N–H and O–H groups in total. The first kappa shape index (κ1) is 17.9. The van der Waals surface area contributed by atoms with E-state index in [1.54, 1.807) is 23.6 Å². The van der Waals surface area contributed by atoms with Crippen LogP contribution in [-0.4, -0.2) is 33.2 Å². The number of fused-ring (bicyclic) bond motifs is 1. The number of anilines is 1. The van der Waals surface area contributed by atoms with Crippen LogP contribution in [0.2, 0.25) is 0 Å². The van der Waals surface area contributed by atoms with Gasteiger partial charge in [-0.05, 0) is 36.8 Å². The molecule has 0 aliphatic carbocycles. The lowest BCUT2D eigenvalue weighted by molar-refractivity contribution is -0.121. The van der Waals surface area contributed by atoms with Crippen molar-refractivity contribution < 1.29 is 14.3 Å². The highest BCUT2D eigenvalue weighted by atomic mass is 19.1. The second kappa shape index (κ2) is 7.97. The fourth-order valence-electron chi connectivity index (χ4n) is 2.61. The fourth-order valence-corrected chi connectivity index (χ4v) is 2.61. The van der Waals surface area contributed by atoms with E-state index >= 15 is 0 Å². The van der Waals surface area contributed by atoms with Crippen LogP contribution < -0.4 is 10.6 Å². The SMILES string of the molecule is CC(O)CNc1nc2ccccc2n1CC(=O)NCc1ccc(F)cc1. The molecule has 0 aliphatic rings. The highest BCUT2D eigenvalue weighted by Gasteiger charge is 2.13. The van der Waals surface area contributed by atoms with Crippen LogP contribution in [0.3, 0.4) is 0 Å². The van der Waals surface area contributed by atoms with Crippen LogP contribution in [0.5, 0.6) is 0 Å². The van der Waals surface area contributed by atoms with Crippen molar-refractivity contribution in [1.82, 2.24) is 14.9 Å². The summed E-state index contributed by atoms with van der Waals surface area (Å²) in [6, 6.07) is 13.5. The van der Waals surface area contributed by atoms with Gasteiger partial charge in [0.1, 0.15) is 12.4 Å². The molecule has 0 aliphatic heterocycles. The minimum atomic E-state index is -0.532. The Bertz CT molecular complexity index is 890. The first-order chi connectivity index (χ1) is 12.5. The molecule has 1 amide bonds. The van der Waals surface area contributed by atoms with E-state index in [0.29, 0.717) is 19.0 Å². The van der Waals surface area contributed by atoms with E-state index in [9.17, 15) is 14.3 Å². The second-order valence-electron chi connectivity index (χ2n) is 6.14. The van der Waals surface area contributed by atoms with E-state index in [4.69, 9.17) is 0 Å². The molecule has 3 aromatic rings. The van der Waals surface area contributed by atoms with Gasteiger partial charge in [-0.1, -0.05) is 24.3 Å². The summed E-state index contributed by atoms with van der Waals surface area (Å²) in [5.74, 6) is 0.0420. The number of rotatable bonds is 7. The number of para-hydroxylation sites is 2. The highest BCUT2D eigenvalue weighted by Crippen LogP contribution is 2.19. The number of amides is 1. The molecule has 1 aromatic heterocycles. The number of hydrogen-bond donors (Lipinski definition) is 3. The third-order valence-corrected chi connectivity index (χ3v) is 3.91. The topological polar surface area (TPSA) is 79.2 Å². The first-order valence-corrected chi connectivity index (χ1v) is 8.41. The Kier molecular flexibility index (Phi) is 5.48. The van der Waals surface area contributed by atoms with Crippen LogP contribution in [0.25, 0.3) is 11.0 Å². The Hall–Kier alpha value is -2.93. The zero-order valence-corrected chi connectivity index (χ0v) is 14.4. The third kappa shape index (κ3) is 4.37. The minimum absolute atomic E-state index is 0.0872. The molecule has 0 radical (unpaired) electrons. The molecular formula is C19H21FN4O2. The molecule has 1 heterocycles. The van der Waals surface area contributed by atoms with Crippen LogP contribution in [0, 0.1) is 5.82 Å². The highest BCUT2D eigenvalue weighted by molar-refractivity contribution is 5.83. The number of carbonyl (C=O) groups excluding carboxylic acids is 1. The Morgan fingerprint density at radius 1 is 1.23 bits per heavy atom. The van der Waals surface area contributed by atoms with Gasteiger partial charge in [-0.25, -0.2) is 9.37 Å². The number of aliphatic hydroxyl groups excluding tert-OH is 1. The number of aliphatic hydroxyl groups is 1. The van der Waals surface area contributed by atoms with Crippen LogP contribution in [0.4, 0.5) is 10.3 Å². The fraction of sp³-hybridized carbons (Fsp3) is 0.263. The third-order valence-electron chi connectivity index (χ3n) is 3.91. The molecule has 136 valence electrons. The molecule has 1 unspecified atom stereocenters. The standard InChI is InChI=1S/C19H21FN4O2/c1-13(25)10-22-19-23-16-4-2-3-5-17(16)24(19)12-18(26)21-11-14-6-8-15(20)9-7-14/h2-9,13,25H,10-12H2,1H3,(H,21,26)(H,22,23). The predicted molar refractivity (Wildman–Crippen MR) is 98.2 cm³/mol.